The standard InChI is InChI=1S/C23H29N3O/c27-22-23(12-16-25(19-23)18-21-9-4-13-24-17-21)11-6-15-26(22)14-5-10-20-7-2-1-3-8-20/h1-4,7-9,13,17H,5-6,10-12,14-16,18-19H2/t23-/m0/s1. The van der Waals surface area contributed by atoms with E-state index in [2.05, 4.69) is 51.2 Å². The summed E-state index contributed by atoms with van der Waals surface area (Å²) < 4.78 is 0. The number of nitrogens with zero attached hydrogens (tertiary/aromatic N) is 3. The number of aryl methyl sites for hydroxylation is 1. The lowest BCUT2D eigenvalue weighted by atomic mass is 9.78. The summed E-state index contributed by atoms with van der Waals surface area (Å²) in [6.07, 6.45) is 9.02. The Morgan fingerprint density at radius 3 is 2.67 bits per heavy atom. The van der Waals surface area contributed by atoms with Crippen LogP contribution < -0.4 is 0 Å². The molecule has 2 aliphatic rings. The van der Waals surface area contributed by atoms with Crippen LogP contribution in [0.2, 0.25) is 0 Å². The Kier molecular flexibility index (Phi) is 5.53. The number of aromatic nitrogens is 1. The van der Waals surface area contributed by atoms with Crippen molar-refractivity contribution in [3.05, 3.63) is 66.0 Å². The van der Waals surface area contributed by atoms with Gasteiger partial charge in [-0.2, -0.15) is 0 Å². The first-order valence-corrected chi connectivity index (χ1v) is 10.2. The first-order valence-electron chi connectivity index (χ1n) is 10.2. The minimum Gasteiger partial charge on any atom is -0.342 e. The van der Waals surface area contributed by atoms with E-state index in [1.54, 1.807) is 0 Å². The van der Waals surface area contributed by atoms with Crippen LogP contribution in [0.3, 0.4) is 0 Å². The topological polar surface area (TPSA) is 36.4 Å². The molecule has 1 aromatic heterocycles. The summed E-state index contributed by atoms with van der Waals surface area (Å²) in [7, 11) is 0. The van der Waals surface area contributed by atoms with Crippen LogP contribution in [0, 0.1) is 5.41 Å². The van der Waals surface area contributed by atoms with Gasteiger partial charge < -0.3 is 4.90 Å². The van der Waals surface area contributed by atoms with Crippen molar-refractivity contribution in [1.29, 1.82) is 0 Å². The molecule has 3 heterocycles. The lowest BCUT2D eigenvalue weighted by Crippen LogP contribution is -2.50. The van der Waals surface area contributed by atoms with Gasteiger partial charge >= 0.3 is 0 Å². The van der Waals surface area contributed by atoms with Crippen molar-refractivity contribution in [3.8, 4) is 0 Å². The maximum Gasteiger partial charge on any atom is 0.230 e. The molecule has 0 aliphatic carbocycles. The Morgan fingerprint density at radius 2 is 1.85 bits per heavy atom. The molecule has 1 aromatic carbocycles. The Labute approximate surface area is 162 Å². The van der Waals surface area contributed by atoms with Crippen LogP contribution in [0.1, 0.15) is 36.8 Å². The molecular weight excluding hydrogens is 334 g/mol. The molecule has 0 bridgehead atoms. The average Bonchev–Trinajstić information content (AvgIpc) is 3.10. The normalized spacial score (nSPS) is 23.3. The first kappa shape index (κ1) is 18.2. The second-order valence-electron chi connectivity index (χ2n) is 8.09. The van der Waals surface area contributed by atoms with Crippen LogP contribution in [-0.4, -0.2) is 46.9 Å². The lowest BCUT2D eigenvalue weighted by molar-refractivity contribution is -0.145. The highest BCUT2D eigenvalue weighted by Gasteiger charge is 2.47. The Bertz CT molecular complexity index is 749. The number of hydrogen-bond donors (Lipinski definition) is 0. The van der Waals surface area contributed by atoms with E-state index in [0.717, 1.165) is 64.8 Å². The second kappa shape index (κ2) is 8.22. The van der Waals surface area contributed by atoms with Gasteiger partial charge in [0.2, 0.25) is 5.91 Å². The maximum absolute atomic E-state index is 13.3. The molecule has 1 spiro atoms. The molecule has 142 valence electrons. The average molecular weight is 364 g/mol. The quantitative estimate of drug-likeness (QED) is 0.788. The number of benzene rings is 1. The van der Waals surface area contributed by atoms with Crippen molar-refractivity contribution in [3.63, 3.8) is 0 Å². The molecule has 0 N–H and O–H groups in total. The SMILES string of the molecule is O=C1N(CCCc2ccccc2)CCC[C@@]12CCN(Cc1cccnc1)C2. The molecule has 27 heavy (non-hydrogen) atoms. The summed E-state index contributed by atoms with van der Waals surface area (Å²) in [6, 6.07) is 14.7. The first-order chi connectivity index (χ1) is 13.3. The van der Waals surface area contributed by atoms with Gasteiger partial charge in [0.25, 0.3) is 0 Å². The van der Waals surface area contributed by atoms with Crippen LogP contribution in [-0.2, 0) is 17.8 Å². The van der Waals surface area contributed by atoms with E-state index < -0.39 is 0 Å². The molecule has 1 amide bonds. The largest absolute Gasteiger partial charge is 0.342 e. The molecule has 4 rings (SSSR count). The third-order valence-electron chi connectivity index (χ3n) is 6.12. The number of hydrogen-bond acceptors (Lipinski definition) is 3. The lowest BCUT2D eigenvalue weighted by Gasteiger charge is -2.39. The number of carbonyl (C=O) groups is 1. The van der Waals surface area contributed by atoms with E-state index in [1.165, 1.54) is 11.1 Å². The van der Waals surface area contributed by atoms with Gasteiger partial charge in [-0.25, -0.2) is 0 Å². The van der Waals surface area contributed by atoms with Crippen LogP contribution in [0.15, 0.2) is 54.9 Å². The summed E-state index contributed by atoms with van der Waals surface area (Å²) in [6.45, 7) is 4.63. The summed E-state index contributed by atoms with van der Waals surface area (Å²) >= 11 is 0. The fraction of sp³-hybridized carbons (Fsp3) is 0.478. The molecular formula is C23H29N3O. The van der Waals surface area contributed by atoms with Crippen molar-refractivity contribution >= 4 is 5.91 Å². The van der Waals surface area contributed by atoms with Gasteiger partial charge in [0.1, 0.15) is 0 Å². The molecule has 0 radical (unpaired) electrons. The number of likely N-dealkylation sites (tertiary alicyclic amines) is 2. The molecule has 2 saturated heterocycles. The summed E-state index contributed by atoms with van der Waals surface area (Å²) in [4.78, 5) is 22.1. The smallest absolute Gasteiger partial charge is 0.230 e. The van der Waals surface area contributed by atoms with Gasteiger partial charge in [0.05, 0.1) is 5.41 Å². The Balaban J connectivity index is 1.33. The number of rotatable bonds is 6. The third kappa shape index (κ3) is 4.22. The summed E-state index contributed by atoms with van der Waals surface area (Å²) in [5, 5.41) is 0. The predicted molar refractivity (Wildman–Crippen MR) is 107 cm³/mol. The fourth-order valence-electron chi connectivity index (χ4n) is 4.71. The van der Waals surface area contributed by atoms with Gasteiger partial charge in [0, 0.05) is 38.6 Å². The minimum atomic E-state index is -0.146. The summed E-state index contributed by atoms with van der Waals surface area (Å²) in [5.41, 5.74) is 2.45. The van der Waals surface area contributed by atoms with Gasteiger partial charge in [-0.05, 0) is 55.8 Å². The van der Waals surface area contributed by atoms with Crippen LogP contribution in [0.4, 0.5) is 0 Å². The van der Waals surface area contributed by atoms with E-state index in [4.69, 9.17) is 0 Å². The molecule has 1 atom stereocenters. The van der Waals surface area contributed by atoms with Gasteiger partial charge in [-0.15, -0.1) is 0 Å². The number of pyridine rings is 1. The molecule has 2 fully saturated rings. The van der Waals surface area contributed by atoms with E-state index in [1.807, 2.05) is 18.5 Å². The van der Waals surface area contributed by atoms with E-state index in [9.17, 15) is 4.79 Å². The van der Waals surface area contributed by atoms with Gasteiger partial charge in [-0.3, -0.25) is 14.7 Å². The van der Waals surface area contributed by atoms with Gasteiger partial charge in [-0.1, -0.05) is 36.4 Å². The van der Waals surface area contributed by atoms with Crippen LogP contribution in [0.5, 0.6) is 0 Å². The molecule has 4 nitrogen and oxygen atoms in total. The number of piperidine rings is 1. The Hall–Kier alpha value is -2.20. The molecule has 4 heteroatoms. The highest BCUT2D eigenvalue weighted by atomic mass is 16.2. The predicted octanol–water partition coefficient (Wildman–Crippen LogP) is 3.53. The second-order valence-corrected chi connectivity index (χ2v) is 8.09. The molecule has 2 aliphatic heterocycles. The van der Waals surface area contributed by atoms with Crippen molar-refractivity contribution in [2.45, 2.75) is 38.6 Å². The summed E-state index contributed by atoms with van der Waals surface area (Å²) in [5.74, 6) is 0.399. The molecule has 2 aromatic rings. The zero-order valence-corrected chi connectivity index (χ0v) is 16.0. The highest BCUT2D eigenvalue weighted by Crippen LogP contribution is 2.40. The van der Waals surface area contributed by atoms with Crippen molar-refractivity contribution < 1.29 is 4.79 Å². The van der Waals surface area contributed by atoms with Crippen LogP contribution in [0.25, 0.3) is 0 Å². The van der Waals surface area contributed by atoms with E-state index >= 15 is 0 Å². The monoisotopic (exact) mass is 363 g/mol. The van der Waals surface area contributed by atoms with Crippen LogP contribution >= 0.6 is 0 Å². The van der Waals surface area contributed by atoms with Crippen molar-refractivity contribution in [2.75, 3.05) is 26.2 Å². The fourth-order valence-corrected chi connectivity index (χ4v) is 4.71. The van der Waals surface area contributed by atoms with Gasteiger partial charge in [0.15, 0.2) is 0 Å². The Morgan fingerprint density at radius 1 is 1.00 bits per heavy atom. The molecule has 0 saturated carbocycles. The third-order valence-corrected chi connectivity index (χ3v) is 6.12. The number of carbonyl (C=O) groups excluding carboxylic acids is 1. The maximum atomic E-state index is 13.3. The number of amides is 1. The minimum absolute atomic E-state index is 0.146. The zero-order chi connectivity index (χ0) is 18.5. The van der Waals surface area contributed by atoms with Crippen molar-refractivity contribution in [2.24, 2.45) is 5.41 Å². The van der Waals surface area contributed by atoms with Crippen molar-refractivity contribution in [1.82, 2.24) is 14.8 Å². The molecule has 0 unspecified atom stereocenters. The van der Waals surface area contributed by atoms with E-state index in [-0.39, 0.29) is 5.41 Å². The highest BCUT2D eigenvalue weighted by molar-refractivity contribution is 5.84. The van der Waals surface area contributed by atoms with E-state index in [0.29, 0.717) is 5.91 Å². The zero-order valence-electron chi connectivity index (χ0n) is 16.0.